The fourth-order valence-electron chi connectivity index (χ4n) is 4.39. The highest BCUT2D eigenvalue weighted by Gasteiger charge is 2.57. The molecule has 0 spiro atoms. The third-order valence-corrected chi connectivity index (χ3v) is 5.94. The molecular weight excluding hydrogens is 408 g/mol. The molecule has 32 heavy (non-hydrogen) atoms. The predicted molar refractivity (Wildman–Crippen MR) is 117 cm³/mol. The molecule has 0 unspecified atom stereocenters. The summed E-state index contributed by atoms with van der Waals surface area (Å²) in [5, 5.41) is 0. The highest BCUT2D eigenvalue weighted by atomic mass is 16.5. The Morgan fingerprint density at radius 2 is 1.25 bits per heavy atom. The maximum atomic E-state index is 13.4. The number of nitrogens with zero attached hydrogens (tertiary/aromatic N) is 2. The van der Waals surface area contributed by atoms with E-state index in [1.165, 1.54) is 0 Å². The Balaban J connectivity index is 1.60. The average molecular weight is 428 g/mol. The van der Waals surface area contributed by atoms with Crippen LogP contribution in [0.25, 0.3) is 0 Å². The van der Waals surface area contributed by atoms with Gasteiger partial charge in [-0.2, -0.15) is 0 Å². The van der Waals surface area contributed by atoms with Crippen LogP contribution >= 0.6 is 0 Å². The first kappa shape index (κ1) is 19.8. The van der Waals surface area contributed by atoms with Gasteiger partial charge in [0.1, 0.15) is 17.5 Å². The van der Waals surface area contributed by atoms with Crippen molar-refractivity contribution in [3.63, 3.8) is 0 Å². The fraction of sp³-hybridized carbons (Fsp3) is 0.160. The maximum absolute atomic E-state index is 13.4. The van der Waals surface area contributed by atoms with E-state index in [0.717, 1.165) is 10.5 Å². The number of hydrogen-bond donors (Lipinski definition) is 0. The first-order valence-corrected chi connectivity index (χ1v) is 10.1. The van der Waals surface area contributed by atoms with Gasteiger partial charge in [-0.15, -0.1) is 0 Å². The number of carbonyl (C=O) groups excluding carboxylic acids is 3. The minimum atomic E-state index is -0.958. The Hall–Kier alpha value is -4.13. The van der Waals surface area contributed by atoms with Crippen LogP contribution in [0.3, 0.4) is 0 Å². The van der Waals surface area contributed by atoms with Gasteiger partial charge in [0.05, 0.1) is 31.4 Å². The Bertz CT molecular complexity index is 1220. The minimum Gasteiger partial charge on any atom is -0.497 e. The summed E-state index contributed by atoms with van der Waals surface area (Å²) in [4.78, 5) is 42.4. The molecule has 7 nitrogen and oxygen atoms in total. The molecule has 1 fully saturated rings. The molecule has 0 aliphatic carbocycles. The summed E-state index contributed by atoms with van der Waals surface area (Å²) < 4.78 is 10.7. The maximum Gasteiger partial charge on any atom is 0.262 e. The predicted octanol–water partition coefficient (Wildman–Crippen LogP) is 3.46. The van der Waals surface area contributed by atoms with E-state index >= 15 is 0 Å². The molecule has 3 aromatic rings. The first-order valence-electron chi connectivity index (χ1n) is 10.1. The molecule has 2 aliphatic rings. The van der Waals surface area contributed by atoms with Crippen molar-refractivity contribution in [1.82, 2.24) is 4.90 Å². The zero-order valence-electron chi connectivity index (χ0n) is 17.5. The lowest BCUT2D eigenvalue weighted by atomic mass is 9.86. The molecule has 0 aromatic heterocycles. The molecular formula is C25H20N2O5. The number of amides is 3. The molecule has 2 aliphatic heterocycles. The van der Waals surface area contributed by atoms with Crippen LogP contribution in [-0.4, -0.2) is 42.9 Å². The molecule has 1 saturated heterocycles. The Kier molecular flexibility index (Phi) is 4.66. The van der Waals surface area contributed by atoms with E-state index < -0.39 is 23.9 Å². The number of imide groups is 1. The van der Waals surface area contributed by atoms with Gasteiger partial charge in [0.15, 0.2) is 0 Å². The molecule has 2 atom stereocenters. The zero-order chi connectivity index (χ0) is 22.4. The summed E-state index contributed by atoms with van der Waals surface area (Å²) in [5.74, 6) is -0.0257. The van der Waals surface area contributed by atoms with Crippen LogP contribution in [0.4, 0.5) is 5.69 Å². The molecule has 3 aromatic carbocycles. The molecule has 160 valence electrons. The van der Waals surface area contributed by atoms with Gasteiger partial charge < -0.3 is 14.4 Å². The van der Waals surface area contributed by atoms with Crippen molar-refractivity contribution in [2.45, 2.75) is 12.1 Å². The SMILES string of the molecule is COc1cccc([C@H]2[C@@H](N3C(=O)c4ccccc4C3=O)C(=O)N2c2cccc(OC)c2)c1. The van der Waals surface area contributed by atoms with Crippen LogP contribution in [0.15, 0.2) is 72.8 Å². The van der Waals surface area contributed by atoms with Crippen LogP contribution in [-0.2, 0) is 4.79 Å². The standard InChI is InChI=1S/C25H20N2O5/c1-31-17-9-5-7-15(13-17)21-22(25(30)26(21)16-8-6-10-18(14-16)32-2)27-23(28)19-11-3-4-12-20(19)24(27)29/h3-14,21-22H,1-2H3/t21-,22+/m0/s1. The van der Waals surface area contributed by atoms with Gasteiger partial charge in [-0.1, -0.05) is 30.3 Å². The normalized spacial score (nSPS) is 19.6. The second-order valence-corrected chi connectivity index (χ2v) is 7.60. The summed E-state index contributed by atoms with van der Waals surface area (Å²) in [6.07, 6.45) is 0. The van der Waals surface area contributed by atoms with Crippen molar-refractivity contribution in [3.05, 3.63) is 89.5 Å². The van der Waals surface area contributed by atoms with Crippen LogP contribution in [0.2, 0.25) is 0 Å². The van der Waals surface area contributed by atoms with E-state index in [9.17, 15) is 14.4 Å². The monoisotopic (exact) mass is 428 g/mol. The minimum absolute atomic E-state index is 0.314. The van der Waals surface area contributed by atoms with Crippen LogP contribution in [0.1, 0.15) is 32.3 Å². The quantitative estimate of drug-likeness (QED) is 0.460. The number of carbonyl (C=O) groups is 3. The lowest BCUT2D eigenvalue weighted by Crippen LogP contribution is -2.67. The second-order valence-electron chi connectivity index (χ2n) is 7.60. The van der Waals surface area contributed by atoms with Crippen molar-refractivity contribution in [2.75, 3.05) is 19.1 Å². The number of rotatable bonds is 5. The number of ether oxygens (including phenoxy) is 2. The molecule has 7 heteroatoms. The Morgan fingerprint density at radius 1 is 0.656 bits per heavy atom. The van der Waals surface area contributed by atoms with Crippen molar-refractivity contribution < 1.29 is 23.9 Å². The Morgan fingerprint density at radius 3 is 1.88 bits per heavy atom. The van der Waals surface area contributed by atoms with E-state index in [4.69, 9.17) is 9.47 Å². The first-order chi connectivity index (χ1) is 15.5. The number of fused-ring (bicyclic) bond motifs is 1. The molecule has 2 heterocycles. The van der Waals surface area contributed by atoms with E-state index in [2.05, 4.69) is 0 Å². The summed E-state index contributed by atoms with van der Waals surface area (Å²) in [7, 11) is 3.12. The molecule has 0 saturated carbocycles. The van der Waals surface area contributed by atoms with E-state index in [-0.39, 0.29) is 5.91 Å². The average Bonchev–Trinajstić information content (AvgIpc) is 3.08. The van der Waals surface area contributed by atoms with Crippen LogP contribution < -0.4 is 14.4 Å². The topological polar surface area (TPSA) is 76.2 Å². The molecule has 3 amide bonds. The van der Waals surface area contributed by atoms with Gasteiger partial charge in [0, 0.05) is 11.8 Å². The van der Waals surface area contributed by atoms with E-state index in [1.54, 1.807) is 73.7 Å². The highest BCUT2D eigenvalue weighted by molar-refractivity contribution is 6.24. The third-order valence-electron chi connectivity index (χ3n) is 5.94. The fourth-order valence-corrected chi connectivity index (χ4v) is 4.39. The smallest absolute Gasteiger partial charge is 0.262 e. The zero-order valence-corrected chi connectivity index (χ0v) is 17.5. The number of hydrogen-bond acceptors (Lipinski definition) is 5. The molecule has 0 radical (unpaired) electrons. The van der Waals surface area contributed by atoms with Crippen molar-refractivity contribution in [1.29, 1.82) is 0 Å². The molecule has 0 N–H and O–H groups in total. The van der Waals surface area contributed by atoms with Crippen molar-refractivity contribution in [2.24, 2.45) is 0 Å². The van der Waals surface area contributed by atoms with Gasteiger partial charge in [0.25, 0.3) is 17.7 Å². The number of β-lactam (4-membered cyclic amide) rings is 1. The number of anilines is 1. The Labute approximate surface area is 184 Å². The van der Waals surface area contributed by atoms with Gasteiger partial charge in [-0.25, -0.2) is 0 Å². The molecule has 0 bridgehead atoms. The summed E-state index contributed by atoms with van der Waals surface area (Å²) in [6, 6.07) is 19.5. The number of methoxy groups -OCH3 is 2. The lowest BCUT2D eigenvalue weighted by Gasteiger charge is -2.49. The second kappa shape index (κ2) is 7.53. The largest absolute Gasteiger partial charge is 0.497 e. The lowest BCUT2D eigenvalue weighted by molar-refractivity contribution is -0.130. The van der Waals surface area contributed by atoms with Crippen LogP contribution in [0, 0.1) is 0 Å². The van der Waals surface area contributed by atoms with Crippen molar-refractivity contribution >= 4 is 23.4 Å². The van der Waals surface area contributed by atoms with Crippen LogP contribution in [0.5, 0.6) is 11.5 Å². The van der Waals surface area contributed by atoms with Gasteiger partial charge in [-0.05, 0) is 42.0 Å². The third kappa shape index (κ3) is 2.85. The highest BCUT2D eigenvalue weighted by Crippen LogP contribution is 2.45. The number of benzene rings is 3. The van der Waals surface area contributed by atoms with Gasteiger partial charge in [0.2, 0.25) is 0 Å². The van der Waals surface area contributed by atoms with E-state index in [1.807, 2.05) is 18.2 Å². The summed E-state index contributed by atoms with van der Waals surface area (Å²) >= 11 is 0. The van der Waals surface area contributed by atoms with Gasteiger partial charge >= 0.3 is 0 Å². The van der Waals surface area contributed by atoms with E-state index in [0.29, 0.717) is 28.3 Å². The summed E-state index contributed by atoms with van der Waals surface area (Å²) in [6.45, 7) is 0. The molecule has 5 rings (SSSR count). The van der Waals surface area contributed by atoms with Gasteiger partial charge in [-0.3, -0.25) is 19.3 Å². The van der Waals surface area contributed by atoms with Crippen molar-refractivity contribution in [3.8, 4) is 11.5 Å². The summed E-state index contributed by atoms with van der Waals surface area (Å²) in [5.41, 5.74) is 2.01.